The Hall–Kier alpha value is -1.10. The van der Waals surface area contributed by atoms with Gasteiger partial charge in [0.05, 0.1) is 5.92 Å². The van der Waals surface area contributed by atoms with Gasteiger partial charge in [0.15, 0.2) is 0 Å². The van der Waals surface area contributed by atoms with E-state index in [1.807, 2.05) is 4.90 Å². The van der Waals surface area contributed by atoms with Crippen LogP contribution in [-0.2, 0) is 9.59 Å². The number of nitrogens with two attached hydrogens (primary N) is 1. The molecule has 2 aliphatic heterocycles. The summed E-state index contributed by atoms with van der Waals surface area (Å²) in [7, 11) is 0. The van der Waals surface area contributed by atoms with Gasteiger partial charge in [-0.1, -0.05) is 0 Å². The minimum atomic E-state index is -0.0343. The minimum Gasteiger partial charge on any atom is -0.355 e. The predicted octanol–water partition coefficient (Wildman–Crippen LogP) is -0.928. The summed E-state index contributed by atoms with van der Waals surface area (Å²) in [6.45, 7) is 1.93. The molecule has 0 aromatic heterocycles. The Balaban J connectivity index is 1.88. The van der Waals surface area contributed by atoms with Crippen LogP contribution in [0.15, 0.2) is 0 Å². The van der Waals surface area contributed by atoms with Crippen LogP contribution in [0, 0.1) is 5.92 Å². The fourth-order valence-corrected chi connectivity index (χ4v) is 2.19. The van der Waals surface area contributed by atoms with Crippen molar-refractivity contribution in [2.45, 2.75) is 25.3 Å². The molecule has 3 N–H and O–H groups in total. The molecule has 15 heavy (non-hydrogen) atoms. The second-order valence-electron chi connectivity index (χ2n) is 4.37. The molecule has 2 heterocycles. The molecule has 84 valence electrons. The van der Waals surface area contributed by atoms with Crippen LogP contribution >= 0.6 is 0 Å². The average Bonchev–Trinajstić information content (AvgIpc) is 2.65. The summed E-state index contributed by atoms with van der Waals surface area (Å²) in [5, 5.41) is 2.73. The van der Waals surface area contributed by atoms with Crippen LogP contribution in [0.4, 0.5) is 0 Å². The lowest BCUT2D eigenvalue weighted by Gasteiger charge is -2.26. The first-order valence-electron chi connectivity index (χ1n) is 5.48. The van der Waals surface area contributed by atoms with Gasteiger partial charge in [-0.15, -0.1) is 0 Å². The number of likely N-dealkylation sites (tertiary alicyclic amines) is 1. The molecule has 0 aliphatic carbocycles. The standard InChI is InChI=1S/C10H17N3O2/c11-8-3-4-13(6-8)10(15)7-1-2-9(14)12-5-7/h7-8H,1-6,11H2,(H,12,14)/t7?,8-/m1/s1. The molecule has 0 radical (unpaired) electrons. The van der Waals surface area contributed by atoms with E-state index in [0.717, 1.165) is 13.0 Å². The van der Waals surface area contributed by atoms with E-state index >= 15 is 0 Å². The van der Waals surface area contributed by atoms with Crippen LogP contribution in [0.5, 0.6) is 0 Å². The van der Waals surface area contributed by atoms with E-state index < -0.39 is 0 Å². The number of amides is 2. The number of hydrogen-bond acceptors (Lipinski definition) is 3. The Kier molecular flexibility index (Phi) is 2.90. The van der Waals surface area contributed by atoms with Crippen molar-refractivity contribution < 1.29 is 9.59 Å². The van der Waals surface area contributed by atoms with E-state index in [1.165, 1.54) is 0 Å². The maximum Gasteiger partial charge on any atom is 0.227 e. The molecule has 1 unspecified atom stereocenters. The molecule has 2 fully saturated rings. The quantitative estimate of drug-likeness (QED) is 0.588. The summed E-state index contributed by atoms with van der Waals surface area (Å²) in [5.74, 6) is 0.174. The van der Waals surface area contributed by atoms with Crippen LogP contribution in [0.2, 0.25) is 0 Å². The Morgan fingerprint density at radius 1 is 1.47 bits per heavy atom. The van der Waals surface area contributed by atoms with E-state index in [2.05, 4.69) is 5.32 Å². The highest BCUT2D eigenvalue weighted by molar-refractivity contribution is 5.83. The van der Waals surface area contributed by atoms with E-state index in [-0.39, 0.29) is 23.8 Å². The summed E-state index contributed by atoms with van der Waals surface area (Å²) in [6.07, 6.45) is 2.04. The van der Waals surface area contributed by atoms with Gasteiger partial charge in [0, 0.05) is 32.1 Å². The second kappa shape index (κ2) is 4.18. The van der Waals surface area contributed by atoms with Crippen LogP contribution in [0.3, 0.4) is 0 Å². The second-order valence-corrected chi connectivity index (χ2v) is 4.37. The molecule has 2 rings (SSSR count). The molecule has 0 aromatic carbocycles. The highest BCUT2D eigenvalue weighted by Gasteiger charge is 2.31. The molecule has 2 saturated heterocycles. The number of rotatable bonds is 1. The summed E-state index contributed by atoms with van der Waals surface area (Å²) in [4.78, 5) is 24.7. The first-order valence-corrected chi connectivity index (χ1v) is 5.48. The summed E-state index contributed by atoms with van der Waals surface area (Å²) >= 11 is 0. The van der Waals surface area contributed by atoms with E-state index in [1.54, 1.807) is 0 Å². The smallest absolute Gasteiger partial charge is 0.227 e. The lowest BCUT2D eigenvalue weighted by molar-refractivity contribution is -0.136. The first kappa shape index (κ1) is 10.4. The largest absolute Gasteiger partial charge is 0.355 e. The van der Waals surface area contributed by atoms with E-state index in [4.69, 9.17) is 5.73 Å². The fourth-order valence-electron chi connectivity index (χ4n) is 2.19. The van der Waals surface area contributed by atoms with Gasteiger partial charge in [0.1, 0.15) is 0 Å². The maximum atomic E-state index is 12.0. The monoisotopic (exact) mass is 211 g/mol. The minimum absolute atomic E-state index is 0.0343. The molecule has 0 saturated carbocycles. The zero-order valence-corrected chi connectivity index (χ0v) is 8.74. The van der Waals surface area contributed by atoms with Gasteiger partial charge < -0.3 is 16.0 Å². The van der Waals surface area contributed by atoms with Gasteiger partial charge in [-0.3, -0.25) is 9.59 Å². The zero-order chi connectivity index (χ0) is 10.8. The number of carbonyl (C=O) groups is 2. The number of nitrogens with zero attached hydrogens (tertiary/aromatic N) is 1. The van der Waals surface area contributed by atoms with Crippen LogP contribution < -0.4 is 11.1 Å². The van der Waals surface area contributed by atoms with Crippen molar-refractivity contribution in [3.63, 3.8) is 0 Å². The molecule has 5 heteroatoms. The SMILES string of the molecule is N[C@@H]1CCN(C(=O)C2CCC(=O)NC2)C1. The van der Waals surface area contributed by atoms with E-state index in [0.29, 0.717) is 25.9 Å². The van der Waals surface area contributed by atoms with Gasteiger partial charge in [0.2, 0.25) is 11.8 Å². The Labute approximate surface area is 89.0 Å². The summed E-state index contributed by atoms with van der Waals surface area (Å²) in [5.41, 5.74) is 5.75. The van der Waals surface area contributed by atoms with Crippen molar-refractivity contribution in [3.05, 3.63) is 0 Å². The van der Waals surface area contributed by atoms with Gasteiger partial charge in [-0.05, 0) is 12.8 Å². The highest BCUT2D eigenvalue weighted by Crippen LogP contribution is 2.17. The Morgan fingerprint density at radius 3 is 2.80 bits per heavy atom. The lowest BCUT2D eigenvalue weighted by atomic mass is 9.98. The molecular weight excluding hydrogens is 194 g/mol. The molecule has 2 amide bonds. The number of nitrogens with one attached hydrogen (secondary N) is 1. The van der Waals surface area contributed by atoms with Crippen molar-refractivity contribution in [2.24, 2.45) is 11.7 Å². The third kappa shape index (κ3) is 2.28. The number of piperidine rings is 1. The highest BCUT2D eigenvalue weighted by atomic mass is 16.2. The predicted molar refractivity (Wildman–Crippen MR) is 54.9 cm³/mol. The molecule has 0 aromatic rings. The maximum absolute atomic E-state index is 12.0. The molecule has 0 bridgehead atoms. The first-order chi connectivity index (χ1) is 7.16. The van der Waals surface area contributed by atoms with Crippen LogP contribution in [0.25, 0.3) is 0 Å². The van der Waals surface area contributed by atoms with Crippen molar-refractivity contribution in [2.75, 3.05) is 19.6 Å². The fraction of sp³-hybridized carbons (Fsp3) is 0.800. The average molecular weight is 211 g/mol. The third-order valence-electron chi connectivity index (χ3n) is 3.15. The molecule has 0 spiro atoms. The molecule has 2 atom stereocenters. The summed E-state index contributed by atoms with van der Waals surface area (Å²) in [6, 6.07) is 0.132. The normalized spacial score (nSPS) is 31.5. The lowest BCUT2D eigenvalue weighted by Crippen LogP contribution is -2.44. The van der Waals surface area contributed by atoms with Crippen molar-refractivity contribution in [3.8, 4) is 0 Å². The topological polar surface area (TPSA) is 75.4 Å². The van der Waals surface area contributed by atoms with Gasteiger partial charge in [-0.2, -0.15) is 0 Å². The summed E-state index contributed by atoms with van der Waals surface area (Å²) < 4.78 is 0. The van der Waals surface area contributed by atoms with E-state index in [9.17, 15) is 9.59 Å². The molecular formula is C10H17N3O2. The zero-order valence-electron chi connectivity index (χ0n) is 8.74. The Bertz CT molecular complexity index is 270. The third-order valence-corrected chi connectivity index (χ3v) is 3.15. The van der Waals surface area contributed by atoms with Crippen molar-refractivity contribution >= 4 is 11.8 Å². The van der Waals surface area contributed by atoms with Crippen LogP contribution in [-0.4, -0.2) is 42.4 Å². The van der Waals surface area contributed by atoms with Crippen LogP contribution in [0.1, 0.15) is 19.3 Å². The number of hydrogen-bond donors (Lipinski definition) is 2. The molecule has 2 aliphatic rings. The van der Waals surface area contributed by atoms with Gasteiger partial charge in [-0.25, -0.2) is 0 Å². The van der Waals surface area contributed by atoms with Gasteiger partial charge >= 0.3 is 0 Å². The number of carbonyl (C=O) groups excluding carboxylic acids is 2. The van der Waals surface area contributed by atoms with Crippen molar-refractivity contribution in [1.82, 2.24) is 10.2 Å². The Morgan fingerprint density at radius 2 is 2.27 bits per heavy atom. The van der Waals surface area contributed by atoms with Gasteiger partial charge in [0.25, 0.3) is 0 Å². The molecule has 5 nitrogen and oxygen atoms in total. The van der Waals surface area contributed by atoms with Crippen molar-refractivity contribution in [1.29, 1.82) is 0 Å².